The van der Waals surface area contributed by atoms with E-state index in [4.69, 9.17) is 14.7 Å². The summed E-state index contributed by atoms with van der Waals surface area (Å²) in [6.07, 6.45) is 3.32. The molecule has 0 radical (unpaired) electrons. The quantitative estimate of drug-likeness (QED) is 0.174. The van der Waals surface area contributed by atoms with E-state index in [-0.39, 0.29) is 39.1 Å². The molecule has 0 aliphatic carbocycles. The predicted molar refractivity (Wildman–Crippen MR) is 221 cm³/mol. The molecule has 0 saturated carbocycles. The SMILES string of the molecule is CCCCC(CC)(CO)C(O)(c1c(C(C)(C)C)cc(C(C)(C)C)cc1C(C)(C)C)c1c(C(C)(C)C)cc(C(C)(C)C)cc1C(C)(C)C.OP(O)O. The summed E-state index contributed by atoms with van der Waals surface area (Å²) >= 11 is 0. The second kappa shape index (κ2) is 16.2. The van der Waals surface area contributed by atoms with E-state index in [2.05, 4.69) is 163 Å². The zero-order chi connectivity index (χ0) is 40.6. The van der Waals surface area contributed by atoms with E-state index in [1.165, 1.54) is 33.4 Å². The Morgan fingerprint density at radius 3 is 0.902 bits per heavy atom. The lowest BCUT2D eigenvalue weighted by Gasteiger charge is -2.53. The van der Waals surface area contributed by atoms with E-state index in [9.17, 15) is 10.2 Å². The molecule has 1 atom stereocenters. The van der Waals surface area contributed by atoms with Gasteiger partial charge in [0.25, 0.3) is 0 Å². The second-order valence-electron chi connectivity index (χ2n) is 21.3. The van der Waals surface area contributed by atoms with Crippen LogP contribution in [0.3, 0.4) is 0 Å². The minimum Gasteiger partial charge on any atom is -0.396 e. The number of aliphatic hydroxyl groups is 2. The maximum Gasteiger partial charge on any atom is 0.324 e. The summed E-state index contributed by atoms with van der Waals surface area (Å²) in [6.45, 7) is 45.6. The molecule has 51 heavy (non-hydrogen) atoms. The van der Waals surface area contributed by atoms with Crippen LogP contribution in [0, 0.1) is 5.41 Å². The lowest BCUT2D eigenvalue weighted by molar-refractivity contribution is -0.0987. The highest BCUT2D eigenvalue weighted by molar-refractivity contribution is 7.38. The third-order valence-electron chi connectivity index (χ3n) is 10.7. The van der Waals surface area contributed by atoms with Crippen molar-refractivity contribution in [2.45, 2.75) is 202 Å². The van der Waals surface area contributed by atoms with Crippen LogP contribution in [-0.4, -0.2) is 31.5 Å². The summed E-state index contributed by atoms with van der Waals surface area (Å²) in [6, 6.07) is 9.57. The van der Waals surface area contributed by atoms with E-state index in [1.807, 2.05) is 0 Å². The van der Waals surface area contributed by atoms with Crippen LogP contribution in [0.2, 0.25) is 0 Å². The van der Waals surface area contributed by atoms with Crippen molar-refractivity contribution in [3.8, 4) is 0 Å². The van der Waals surface area contributed by atoms with Crippen molar-refractivity contribution in [2.24, 2.45) is 5.41 Å². The van der Waals surface area contributed by atoms with Crippen molar-refractivity contribution in [2.75, 3.05) is 6.61 Å². The number of rotatable bonds is 8. The smallest absolute Gasteiger partial charge is 0.324 e. The summed E-state index contributed by atoms with van der Waals surface area (Å²) in [5.41, 5.74) is 5.83. The molecule has 0 amide bonds. The fraction of sp³-hybridized carbons (Fsp3) is 0.733. The summed E-state index contributed by atoms with van der Waals surface area (Å²) in [7, 11) is -2.62. The Labute approximate surface area is 315 Å². The molecule has 1 unspecified atom stereocenters. The molecule has 0 saturated heterocycles. The maximum absolute atomic E-state index is 14.7. The van der Waals surface area contributed by atoms with Crippen molar-refractivity contribution < 1.29 is 24.9 Å². The van der Waals surface area contributed by atoms with Gasteiger partial charge in [-0.25, -0.2) is 0 Å². The van der Waals surface area contributed by atoms with Gasteiger partial charge in [-0.2, -0.15) is 0 Å². The van der Waals surface area contributed by atoms with Crippen molar-refractivity contribution in [1.82, 2.24) is 0 Å². The molecular weight excluding hydrogens is 651 g/mol. The van der Waals surface area contributed by atoms with Gasteiger partial charge in [0.2, 0.25) is 0 Å². The first-order valence-electron chi connectivity index (χ1n) is 19.2. The van der Waals surface area contributed by atoms with Crippen LogP contribution in [0.1, 0.15) is 209 Å². The predicted octanol–water partition coefficient (Wildman–Crippen LogP) is 11.5. The van der Waals surface area contributed by atoms with Crippen LogP contribution in [-0.2, 0) is 38.1 Å². The molecule has 6 heteroatoms. The first kappa shape index (κ1) is 47.7. The topological polar surface area (TPSA) is 101 Å². The first-order valence-corrected chi connectivity index (χ1v) is 20.4. The Bertz CT molecular complexity index is 1270. The van der Waals surface area contributed by atoms with Crippen LogP contribution in [0.15, 0.2) is 24.3 Å². The first-order chi connectivity index (χ1) is 22.6. The molecule has 0 spiro atoms. The molecule has 0 bridgehead atoms. The summed E-state index contributed by atoms with van der Waals surface area (Å²) in [5.74, 6) is 0. The van der Waals surface area contributed by atoms with Gasteiger partial charge in [-0.05, 0) is 89.8 Å². The Kier molecular flexibility index (Phi) is 15.1. The van der Waals surface area contributed by atoms with E-state index in [1.54, 1.807) is 0 Å². The highest BCUT2D eigenvalue weighted by Gasteiger charge is 2.57. The lowest BCUT2D eigenvalue weighted by atomic mass is 9.53. The number of benzene rings is 2. The van der Waals surface area contributed by atoms with Gasteiger partial charge in [0.05, 0.1) is 6.61 Å². The Morgan fingerprint density at radius 2 is 0.745 bits per heavy atom. The van der Waals surface area contributed by atoms with E-state index >= 15 is 0 Å². The van der Waals surface area contributed by atoms with Crippen LogP contribution in [0.5, 0.6) is 0 Å². The molecule has 0 aromatic heterocycles. The standard InChI is InChI=1S/C45H76O2.H3O3P/c1-21-23-24-44(22-2,29-46)45(47,36-32(40(9,10)11)25-30(38(3,4)5)26-33(36)41(12,13)14)37-34(42(15,16)17)27-31(39(6,7)8)28-35(37)43(18,19)20;1-4(2)3/h25-28,46-47H,21-24,29H2,1-20H3;1-3H. The molecule has 0 aliphatic heterocycles. The van der Waals surface area contributed by atoms with Gasteiger partial charge in [0.15, 0.2) is 0 Å². The van der Waals surface area contributed by atoms with Crippen LogP contribution < -0.4 is 0 Å². The Morgan fingerprint density at radius 1 is 0.490 bits per heavy atom. The fourth-order valence-electron chi connectivity index (χ4n) is 7.39. The summed E-state index contributed by atoms with van der Waals surface area (Å²) < 4.78 is 0. The maximum atomic E-state index is 14.7. The Balaban J connectivity index is 0.00000308. The zero-order valence-corrected chi connectivity index (χ0v) is 37.4. The van der Waals surface area contributed by atoms with E-state index in [0.29, 0.717) is 6.42 Å². The van der Waals surface area contributed by atoms with Crippen LogP contribution in [0.25, 0.3) is 0 Å². The molecule has 0 heterocycles. The van der Waals surface area contributed by atoms with Crippen molar-refractivity contribution in [3.63, 3.8) is 0 Å². The molecule has 2 rings (SSSR count). The van der Waals surface area contributed by atoms with Gasteiger partial charge in [-0.1, -0.05) is 176 Å². The minimum absolute atomic E-state index is 0.0703. The lowest BCUT2D eigenvalue weighted by Crippen LogP contribution is -2.53. The average molecular weight is 731 g/mol. The number of aliphatic hydroxyl groups excluding tert-OH is 1. The second-order valence-corrected chi connectivity index (χ2v) is 21.8. The number of hydrogen-bond donors (Lipinski definition) is 5. The highest BCUT2D eigenvalue weighted by Crippen LogP contribution is 2.59. The molecule has 294 valence electrons. The number of unbranched alkanes of at least 4 members (excludes halogenated alkanes) is 1. The van der Waals surface area contributed by atoms with Crippen molar-refractivity contribution in [1.29, 1.82) is 0 Å². The Hall–Kier alpha value is -1.33. The fourth-order valence-corrected chi connectivity index (χ4v) is 7.39. The molecule has 2 aromatic rings. The van der Waals surface area contributed by atoms with Gasteiger partial charge in [0, 0.05) is 5.41 Å². The van der Waals surface area contributed by atoms with E-state index in [0.717, 1.165) is 30.4 Å². The summed E-state index contributed by atoms with van der Waals surface area (Å²) in [4.78, 5) is 21.7. The van der Waals surface area contributed by atoms with Crippen LogP contribution in [0.4, 0.5) is 0 Å². The molecular formula is C45H79O5P. The van der Waals surface area contributed by atoms with Gasteiger partial charge in [0.1, 0.15) is 5.60 Å². The third-order valence-corrected chi connectivity index (χ3v) is 10.7. The van der Waals surface area contributed by atoms with Gasteiger partial charge >= 0.3 is 8.60 Å². The highest BCUT2D eigenvalue weighted by atomic mass is 31.2. The van der Waals surface area contributed by atoms with Crippen LogP contribution >= 0.6 is 8.60 Å². The van der Waals surface area contributed by atoms with E-state index < -0.39 is 19.6 Å². The third kappa shape index (κ3) is 10.9. The molecule has 5 N–H and O–H groups in total. The minimum atomic E-state index is -2.62. The molecule has 0 fully saturated rings. The average Bonchev–Trinajstić information content (AvgIpc) is 2.93. The van der Waals surface area contributed by atoms with Crippen molar-refractivity contribution in [3.05, 3.63) is 68.8 Å². The zero-order valence-electron chi connectivity index (χ0n) is 36.5. The van der Waals surface area contributed by atoms with Crippen molar-refractivity contribution >= 4 is 8.60 Å². The monoisotopic (exact) mass is 731 g/mol. The largest absolute Gasteiger partial charge is 0.396 e. The summed E-state index contributed by atoms with van der Waals surface area (Å²) in [5, 5.41) is 26.5. The molecule has 2 aromatic carbocycles. The van der Waals surface area contributed by atoms with Gasteiger partial charge in [-0.3, -0.25) is 0 Å². The van der Waals surface area contributed by atoms with Gasteiger partial charge < -0.3 is 24.9 Å². The molecule has 5 nitrogen and oxygen atoms in total. The normalized spacial score (nSPS) is 15.1. The molecule has 0 aliphatic rings. The number of hydrogen-bond acceptors (Lipinski definition) is 5. The van der Waals surface area contributed by atoms with Gasteiger partial charge in [-0.15, -0.1) is 0 Å².